The number of ether oxygens (including phenoxy) is 2. The van der Waals surface area contributed by atoms with E-state index in [4.69, 9.17) is 9.47 Å². The Bertz CT molecular complexity index is 690. The van der Waals surface area contributed by atoms with Crippen molar-refractivity contribution in [1.82, 2.24) is 5.32 Å². The lowest BCUT2D eigenvalue weighted by Gasteiger charge is -2.22. The zero-order chi connectivity index (χ0) is 21.2. The first-order valence-corrected chi connectivity index (χ1v) is 11.9. The van der Waals surface area contributed by atoms with Crippen LogP contribution in [0.4, 0.5) is 0 Å². The van der Waals surface area contributed by atoms with Crippen molar-refractivity contribution in [2.24, 2.45) is 11.8 Å². The van der Waals surface area contributed by atoms with Gasteiger partial charge >= 0.3 is 11.9 Å². The van der Waals surface area contributed by atoms with Gasteiger partial charge in [-0.2, -0.15) is 0 Å². The number of carbonyl (C=O) groups is 2. The van der Waals surface area contributed by atoms with Crippen molar-refractivity contribution in [3.8, 4) is 11.5 Å². The van der Waals surface area contributed by atoms with Crippen LogP contribution in [0.3, 0.4) is 0 Å². The van der Waals surface area contributed by atoms with E-state index in [0.717, 1.165) is 82.9 Å². The van der Waals surface area contributed by atoms with E-state index in [1.807, 2.05) is 12.1 Å². The molecule has 5 heteroatoms. The van der Waals surface area contributed by atoms with Gasteiger partial charge in [0.05, 0.1) is 11.8 Å². The molecule has 0 aromatic heterocycles. The van der Waals surface area contributed by atoms with Gasteiger partial charge in [0.1, 0.15) is 0 Å². The number of rotatable bonds is 9. The van der Waals surface area contributed by atoms with Gasteiger partial charge in [0, 0.05) is 0 Å². The summed E-state index contributed by atoms with van der Waals surface area (Å²) in [6, 6.07) is 5.63. The normalized spacial score (nSPS) is 18.2. The SMILES string of the molecule is CCCNCCc1ccc(OC(=O)C2CCCCC2)c(OC(=O)C2CCCCC2)c1. The highest BCUT2D eigenvalue weighted by molar-refractivity contribution is 5.78. The topological polar surface area (TPSA) is 64.6 Å². The fourth-order valence-corrected chi connectivity index (χ4v) is 4.47. The predicted molar refractivity (Wildman–Crippen MR) is 118 cm³/mol. The summed E-state index contributed by atoms with van der Waals surface area (Å²) in [6.45, 7) is 4.00. The largest absolute Gasteiger partial charge is 0.422 e. The minimum absolute atomic E-state index is 0.0430. The molecule has 2 aliphatic rings. The second kappa shape index (κ2) is 12.1. The van der Waals surface area contributed by atoms with Crippen molar-refractivity contribution in [1.29, 1.82) is 0 Å². The smallest absolute Gasteiger partial charge is 0.314 e. The molecule has 3 rings (SSSR count). The van der Waals surface area contributed by atoms with Crippen molar-refractivity contribution in [3.63, 3.8) is 0 Å². The van der Waals surface area contributed by atoms with E-state index in [1.165, 1.54) is 12.8 Å². The van der Waals surface area contributed by atoms with Crippen LogP contribution in [-0.2, 0) is 16.0 Å². The summed E-state index contributed by atoms with van der Waals surface area (Å²) in [7, 11) is 0. The first-order chi connectivity index (χ1) is 14.7. The molecule has 0 aliphatic heterocycles. The maximum atomic E-state index is 12.7. The monoisotopic (exact) mass is 415 g/mol. The highest BCUT2D eigenvalue weighted by Gasteiger charge is 2.27. The molecular formula is C25H37NO4. The van der Waals surface area contributed by atoms with Gasteiger partial charge in [0.2, 0.25) is 0 Å². The summed E-state index contributed by atoms with van der Waals surface area (Å²) in [5.74, 6) is 0.296. The molecule has 2 fully saturated rings. The van der Waals surface area contributed by atoms with Crippen molar-refractivity contribution < 1.29 is 19.1 Å². The van der Waals surface area contributed by atoms with E-state index >= 15 is 0 Å². The van der Waals surface area contributed by atoms with E-state index in [-0.39, 0.29) is 23.8 Å². The first-order valence-electron chi connectivity index (χ1n) is 11.9. The number of nitrogens with one attached hydrogen (secondary N) is 1. The van der Waals surface area contributed by atoms with E-state index < -0.39 is 0 Å². The molecule has 2 aliphatic carbocycles. The van der Waals surface area contributed by atoms with Crippen LogP contribution in [0.5, 0.6) is 11.5 Å². The number of benzene rings is 1. The highest BCUT2D eigenvalue weighted by Crippen LogP contribution is 2.33. The van der Waals surface area contributed by atoms with Crippen molar-refractivity contribution in [2.75, 3.05) is 13.1 Å². The molecule has 1 aromatic rings. The first kappa shape index (κ1) is 22.8. The molecular weight excluding hydrogens is 378 g/mol. The molecule has 0 amide bonds. The molecule has 0 bridgehead atoms. The number of esters is 2. The average molecular weight is 416 g/mol. The van der Waals surface area contributed by atoms with Crippen LogP contribution in [0.1, 0.15) is 83.1 Å². The van der Waals surface area contributed by atoms with Crippen LogP contribution in [0, 0.1) is 11.8 Å². The van der Waals surface area contributed by atoms with Gasteiger partial charge in [-0.3, -0.25) is 9.59 Å². The Morgan fingerprint density at radius 2 is 1.40 bits per heavy atom. The third-order valence-corrected chi connectivity index (χ3v) is 6.32. The van der Waals surface area contributed by atoms with Crippen molar-refractivity contribution >= 4 is 11.9 Å². The van der Waals surface area contributed by atoms with Crippen LogP contribution in [-0.4, -0.2) is 25.0 Å². The van der Waals surface area contributed by atoms with Gasteiger partial charge in [-0.15, -0.1) is 0 Å². The predicted octanol–water partition coefficient (Wildman–Crippen LogP) is 5.20. The fraction of sp³-hybridized carbons (Fsp3) is 0.680. The number of carbonyl (C=O) groups excluding carboxylic acids is 2. The molecule has 1 aromatic carbocycles. The summed E-state index contributed by atoms with van der Waals surface area (Å²) in [4.78, 5) is 25.4. The van der Waals surface area contributed by atoms with Gasteiger partial charge in [0.15, 0.2) is 11.5 Å². The molecule has 2 saturated carbocycles. The van der Waals surface area contributed by atoms with E-state index in [0.29, 0.717) is 11.5 Å². The molecule has 30 heavy (non-hydrogen) atoms. The lowest BCUT2D eigenvalue weighted by Crippen LogP contribution is -2.25. The molecule has 1 N–H and O–H groups in total. The van der Waals surface area contributed by atoms with Gasteiger partial charge in [-0.05, 0) is 69.3 Å². The summed E-state index contributed by atoms with van der Waals surface area (Å²) in [5.41, 5.74) is 1.07. The molecule has 0 unspecified atom stereocenters. The Hall–Kier alpha value is -1.88. The van der Waals surface area contributed by atoms with Crippen molar-refractivity contribution in [2.45, 2.75) is 84.0 Å². The quantitative estimate of drug-likeness (QED) is 0.341. The number of hydrogen-bond donors (Lipinski definition) is 1. The Morgan fingerprint density at radius 3 is 1.97 bits per heavy atom. The third kappa shape index (κ3) is 6.83. The van der Waals surface area contributed by atoms with Gasteiger partial charge in [-0.1, -0.05) is 51.5 Å². The molecule has 0 atom stereocenters. The van der Waals surface area contributed by atoms with Gasteiger partial charge < -0.3 is 14.8 Å². The molecule has 0 radical (unpaired) electrons. The zero-order valence-electron chi connectivity index (χ0n) is 18.4. The van der Waals surface area contributed by atoms with Crippen LogP contribution < -0.4 is 14.8 Å². The lowest BCUT2D eigenvalue weighted by molar-refractivity contribution is -0.142. The second-order valence-corrected chi connectivity index (χ2v) is 8.79. The third-order valence-electron chi connectivity index (χ3n) is 6.32. The molecule has 0 saturated heterocycles. The lowest BCUT2D eigenvalue weighted by atomic mass is 9.89. The minimum atomic E-state index is -0.193. The van der Waals surface area contributed by atoms with Crippen LogP contribution in [0.25, 0.3) is 0 Å². The maximum Gasteiger partial charge on any atom is 0.314 e. The van der Waals surface area contributed by atoms with E-state index in [1.54, 1.807) is 6.07 Å². The Kier molecular flexibility index (Phi) is 9.19. The molecule has 166 valence electrons. The highest BCUT2D eigenvalue weighted by atomic mass is 16.6. The zero-order valence-corrected chi connectivity index (χ0v) is 18.4. The standard InChI is InChI=1S/C25H37NO4/c1-2-16-26-17-15-19-13-14-22(29-24(27)20-9-5-3-6-10-20)23(18-19)30-25(28)21-11-7-4-8-12-21/h13-14,18,20-21,26H,2-12,15-17H2,1H3. The van der Waals surface area contributed by atoms with Crippen LogP contribution in [0.15, 0.2) is 18.2 Å². The Balaban J connectivity index is 1.70. The summed E-state index contributed by atoms with van der Waals surface area (Å²) in [5, 5.41) is 3.39. The Labute approximate surface area is 180 Å². The Morgan fingerprint density at radius 1 is 0.833 bits per heavy atom. The second-order valence-electron chi connectivity index (χ2n) is 8.79. The van der Waals surface area contributed by atoms with Gasteiger partial charge in [-0.25, -0.2) is 0 Å². The molecule has 0 heterocycles. The summed E-state index contributed by atoms with van der Waals surface area (Å²) >= 11 is 0. The molecule has 0 spiro atoms. The maximum absolute atomic E-state index is 12.7. The van der Waals surface area contributed by atoms with Crippen LogP contribution in [0.2, 0.25) is 0 Å². The summed E-state index contributed by atoms with van der Waals surface area (Å²) in [6.07, 6.45) is 12.2. The van der Waals surface area contributed by atoms with Crippen LogP contribution >= 0.6 is 0 Å². The summed E-state index contributed by atoms with van der Waals surface area (Å²) < 4.78 is 11.5. The van der Waals surface area contributed by atoms with Crippen molar-refractivity contribution in [3.05, 3.63) is 23.8 Å². The van der Waals surface area contributed by atoms with E-state index in [2.05, 4.69) is 12.2 Å². The molecule has 5 nitrogen and oxygen atoms in total. The minimum Gasteiger partial charge on any atom is -0.422 e. The van der Waals surface area contributed by atoms with Gasteiger partial charge in [0.25, 0.3) is 0 Å². The number of hydrogen-bond acceptors (Lipinski definition) is 5. The average Bonchev–Trinajstić information content (AvgIpc) is 2.79. The fourth-order valence-electron chi connectivity index (χ4n) is 4.47. The van der Waals surface area contributed by atoms with E-state index in [9.17, 15) is 9.59 Å².